The van der Waals surface area contributed by atoms with Gasteiger partial charge in [-0.1, -0.05) is 64.8 Å². The molecule has 0 saturated carbocycles. The second-order valence-electron chi connectivity index (χ2n) is 9.62. The van der Waals surface area contributed by atoms with E-state index >= 15 is 0 Å². The highest BCUT2D eigenvalue weighted by atomic mass is 16.6. The number of hydrogen-bond donors (Lipinski definition) is 0. The zero-order valence-electron chi connectivity index (χ0n) is 23.8. The molecule has 0 spiro atoms. The molecule has 0 aliphatic carbocycles. The van der Waals surface area contributed by atoms with Crippen molar-refractivity contribution in [2.24, 2.45) is 0 Å². The highest BCUT2D eigenvalue weighted by Gasteiger charge is 2.27. The van der Waals surface area contributed by atoms with Gasteiger partial charge in [0.05, 0.1) is 5.39 Å². The summed E-state index contributed by atoms with van der Waals surface area (Å²) in [5, 5.41) is 1.64. The van der Waals surface area contributed by atoms with E-state index in [1.807, 2.05) is 27.7 Å². The van der Waals surface area contributed by atoms with E-state index in [0.29, 0.717) is 41.8 Å². The van der Waals surface area contributed by atoms with Gasteiger partial charge in [0.25, 0.3) is 0 Å². The maximum absolute atomic E-state index is 12.9. The van der Waals surface area contributed by atoms with Crippen molar-refractivity contribution in [3.63, 3.8) is 0 Å². The molecular weight excluding hydrogens is 512 g/mol. The molecule has 3 aromatic rings. The Morgan fingerprint density at radius 2 is 0.975 bits per heavy atom. The van der Waals surface area contributed by atoms with E-state index in [1.165, 1.54) is 6.07 Å². The minimum absolute atomic E-state index is 0.0207. The first-order chi connectivity index (χ1) is 19.3. The summed E-state index contributed by atoms with van der Waals surface area (Å²) in [5.41, 5.74) is 0. The van der Waals surface area contributed by atoms with Gasteiger partial charge in [-0.05, 0) is 37.8 Å². The third kappa shape index (κ3) is 7.58. The Morgan fingerprint density at radius 3 is 1.52 bits per heavy atom. The quantitative estimate of drug-likeness (QED) is 0.115. The molecule has 0 fully saturated rings. The standard InChI is InChI=1S/C32H38O8/c1-5-9-17-27(35)37-24-20-19-23-29(32(24)40-28(36)18-10-6-2)31(39-26(34)14-8-4)22-16-12-11-15-21(22)30(23)38-25(33)13-7-3/h11-12,15-16,19-20H,5-10,13-14,17-18H2,1-4H3. The molecule has 3 rings (SSSR count). The van der Waals surface area contributed by atoms with Crippen LogP contribution in [0.1, 0.15) is 91.9 Å². The van der Waals surface area contributed by atoms with E-state index in [-0.39, 0.29) is 54.1 Å². The number of unbranched alkanes of at least 4 members (excludes halogenated alkanes) is 2. The Balaban J connectivity index is 2.38. The van der Waals surface area contributed by atoms with Crippen LogP contribution in [-0.4, -0.2) is 23.9 Å². The third-order valence-electron chi connectivity index (χ3n) is 6.26. The summed E-state index contributed by atoms with van der Waals surface area (Å²) in [7, 11) is 0. The monoisotopic (exact) mass is 550 g/mol. The molecule has 0 N–H and O–H groups in total. The van der Waals surface area contributed by atoms with E-state index < -0.39 is 23.9 Å². The second-order valence-corrected chi connectivity index (χ2v) is 9.62. The molecule has 0 bridgehead atoms. The van der Waals surface area contributed by atoms with Crippen molar-refractivity contribution in [3.05, 3.63) is 36.4 Å². The molecule has 0 aliphatic rings. The fourth-order valence-corrected chi connectivity index (χ4v) is 4.25. The molecule has 8 heteroatoms. The number of carbonyl (C=O) groups is 4. The van der Waals surface area contributed by atoms with Gasteiger partial charge in [-0.25, -0.2) is 0 Å². The molecule has 0 aromatic heterocycles. The van der Waals surface area contributed by atoms with E-state index in [4.69, 9.17) is 18.9 Å². The molecule has 0 unspecified atom stereocenters. The summed E-state index contributed by atoms with van der Waals surface area (Å²) >= 11 is 0. The first-order valence-electron chi connectivity index (χ1n) is 14.2. The fourth-order valence-electron chi connectivity index (χ4n) is 4.25. The molecule has 0 aliphatic heterocycles. The van der Waals surface area contributed by atoms with Gasteiger partial charge in [0.1, 0.15) is 5.75 Å². The molecule has 8 nitrogen and oxygen atoms in total. The number of rotatable bonds is 14. The van der Waals surface area contributed by atoms with Gasteiger partial charge in [0, 0.05) is 41.8 Å². The van der Waals surface area contributed by atoms with Crippen LogP contribution in [0.2, 0.25) is 0 Å². The lowest BCUT2D eigenvalue weighted by Crippen LogP contribution is -2.14. The Morgan fingerprint density at radius 1 is 0.500 bits per heavy atom. The van der Waals surface area contributed by atoms with Gasteiger partial charge in [-0.2, -0.15) is 0 Å². The largest absolute Gasteiger partial charge is 0.425 e. The van der Waals surface area contributed by atoms with Crippen LogP contribution >= 0.6 is 0 Å². The first kappa shape index (κ1) is 30.6. The molecule has 214 valence electrons. The van der Waals surface area contributed by atoms with E-state index in [2.05, 4.69) is 0 Å². The normalized spacial score (nSPS) is 10.9. The topological polar surface area (TPSA) is 105 Å². The molecule has 0 heterocycles. The minimum atomic E-state index is -0.524. The highest BCUT2D eigenvalue weighted by molar-refractivity contribution is 6.15. The predicted molar refractivity (Wildman–Crippen MR) is 153 cm³/mol. The van der Waals surface area contributed by atoms with Crippen LogP contribution in [0.5, 0.6) is 23.0 Å². The van der Waals surface area contributed by atoms with Gasteiger partial charge in [-0.15, -0.1) is 0 Å². The van der Waals surface area contributed by atoms with Crippen molar-refractivity contribution in [3.8, 4) is 23.0 Å². The predicted octanol–water partition coefficient (Wildman–Crippen LogP) is 7.60. The van der Waals surface area contributed by atoms with Crippen molar-refractivity contribution in [2.45, 2.75) is 91.9 Å². The molecule has 0 saturated heterocycles. The lowest BCUT2D eigenvalue weighted by atomic mass is 9.99. The third-order valence-corrected chi connectivity index (χ3v) is 6.26. The first-order valence-corrected chi connectivity index (χ1v) is 14.2. The van der Waals surface area contributed by atoms with Crippen molar-refractivity contribution < 1.29 is 38.1 Å². The van der Waals surface area contributed by atoms with Gasteiger partial charge in [0.2, 0.25) is 0 Å². The molecule has 40 heavy (non-hydrogen) atoms. The molecular formula is C32H38O8. The Bertz CT molecular complexity index is 1370. The summed E-state index contributed by atoms with van der Waals surface area (Å²) in [4.78, 5) is 51.0. The van der Waals surface area contributed by atoms with Crippen LogP contribution in [-0.2, 0) is 19.2 Å². The number of benzene rings is 3. The zero-order valence-corrected chi connectivity index (χ0v) is 23.8. The molecule has 0 amide bonds. The Labute approximate surface area is 234 Å². The van der Waals surface area contributed by atoms with Crippen LogP contribution in [0.4, 0.5) is 0 Å². The number of ether oxygens (including phenoxy) is 4. The van der Waals surface area contributed by atoms with Crippen LogP contribution in [0.25, 0.3) is 21.5 Å². The fraction of sp³-hybridized carbons (Fsp3) is 0.438. The Hall–Kier alpha value is -3.94. The maximum Gasteiger partial charge on any atom is 0.311 e. The summed E-state index contributed by atoms with van der Waals surface area (Å²) < 4.78 is 23.3. The number of hydrogen-bond acceptors (Lipinski definition) is 8. The SMILES string of the molecule is CCCCC(=O)Oc1ccc2c(OC(=O)CCC)c3ccccc3c(OC(=O)CCC)c2c1OC(=O)CCCC. The number of fused-ring (bicyclic) bond motifs is 2. The zero-order chi connectivity index (χ0) is 29.1. The van der Waals surface area contributed by atoms with Crippen LogP contribution in [0.15, 0.2) is 36.4 Å². The van der Waals surface area contributed by atoms with Crippen molar-refractivity contribution >= 4 is 45.4 Å². The van der Waals surface area contributed by atoms with Gasteiger partial charge >= 0.3 is 23.9 Å². The maximum atomic E-state index is 12.9. The second kappa shape index (κ2) is 15.0. The van der Waals surface area contributed by atoms with Crippen molar-refractivity contribution in [1.82, 2.24) is 0 Å². The summed E-state index contributed by atoms with van der Waals surface area (Å²) in [5.74, 6) is -1.55. The lowest BCUT2D eigenvalue weighted by Gasteiger charge is -2.20. The summed E-state index contributed by atoms with van der Waals surface area (Å²) in [6.45, 7) is 7.66. The highest BCUT2D eigenvalue weighted by Crippen LogP contribution is 2.50. The average Bonchev–Trinajstić information content (AvgIpc) is 2.93. The van der Waals surface area contributed by atoms with Gasteiger partial charge in [0.15, 0.2) is 17.2 Å². The van der Waals surface area contributed by atoms with Crippen molar-refractivity contribution in [2.75, 3.05) is 0 Å². The van der Waals surface area contributed by atoms with E-state index in [0.717, 1.165) is 12.8 Å². The van der Waals surface area contributed by atoms with Crippen LogP contribution in [0.3, 0.4) is 0 Å². The smallest absolute Gasteiger partial charge is 0.311 e. The van der Waals surface area contributed by atoms with E-state index in [9.17, 15) is 19.2 Å². The molecule has 3 aromatic carbocycles. The lowest BCUT2D eigenvalue weighted by molar-refractivity contribution is -0.137. The summed E-state index contributed by atoms with van der Waals surface area (Å²) in [6.07, 6.45) is 4.71. The number of carbonyl (C=O) groups excluding carboxylic acids is 4. The van der Waals surface area contributed by atoms with Gasteiger partial charge in [-0.3, -0.25) is 19.2 Å². The van der Waals surface area contributed by atoms with Crippen molar-refractivity contribution in [1.29, 1.82) is 0 Å². The van der Waals surface area contributed by atoms with Gasteiger partial charge < -0.3 is 18.9 Å². The summed E-state index contributed by atoms with van der Waals surface area (Å²) in [6, 6.07) is 10.2. The molecule has 0 atom stereocenters. The van der Waals surface area contributed by atoms with Crippen LogP contribution in [0, 0.1) is 0 Å². The Kier molecular flexibility index (Phi) is 11.5. The average molecular weight is 551 g/mol. The number of esters is 4. The van der Waals surface area contributed by atoms with Crippen LogP contribution < -0.4 is 18.9 Å². The molecule has 0 radical (unpaired) electrons. The minimum Gasteiger partial charge on any atom is -0.425 e. The van der Waals surface area contributed by atoms with E-state index in [1.54, 1.807) is 30.3 Å².